The van der Waals surface area contributed by atoms with Gasteiger partial charge >= 0.3 is 0 Å². The topological polar surface area (TPSA) is 54.1 Å². The molecule has 1 aliphatic rings. The first-order valence-corrected chi connectivity index (χ1v) is 6.60. The summed E-state index contributed by atoms with van der Waals surface area (Å²) in [6.45, 7) is 4.93. The van der Waals surface area contributed by atoms with E-state index in [1.807, 2.05) is 30.3 Å². The van der Waals surface area contributed by atoms with Crippen molar-refractivity contribution in [3.63, 3.8) is 0 Å². The maximum atomic E-state index is 12.0. The predicted octanol–water partition coefficient (Wildman–Crippen LogP) is 2.51. The van der Waals surface area contributed by atoms with E-state index in [9.17, 15) is 4.79 Å². The second-order valence-corrected chi connectivity index (χ2v) is 5.40. The maximum Gasteiger partial charge on any atom is 0.257 e. The van der Waals surface area contributed by atoms with Crippen LogP contribution in [0, 0.1) is 0 Å². The summed E-state index contributed by atoms with van der Waals surface area (Å²) in [6.07, 6.45) is 1.06. The molecule has 2 atom stereocenters. The number of aromatic nitrogens is 1. The molecule has 3 rings (SSSR count). The third-order valence-electron chi connectivity index (χ3n) is 4.06. The van der Waals surface area contributed by atoms with Gasteiger partial charge in [0, 0.05) is 12.0 Å². The van der Waals surface area contributed by atoms with Crippen LogP contribution in [0.4, 0.5) is 5.82 Å². The van der Waals surface area contributed by atoms with Gasteiger partial charge in [0.2, 0.25) is 0 Å². The largest absolute Gasteiger partial charge is 0.376 e. The van der Waals surface area contributed by atoms with E-state index in [1.165, 1.54) is 0 Å². The number of fused-ring (bicyclic) bond motifs is 1. The van der Waals surface area contributed by atoms with Crippen molar-refractivity contribution in [2.24, 2.45) is 0 Å². The molecule has 4 nitrogen and oxygen atoms in total. The van der Waals surface area contributed by atoms with Crippen molar-refractivity contribution in [3.8, 4) is 0 Å². The zero-order chi connectivity index (χ0) is 13.5. The van der Waals surface area contributed by atoms with Crippen LogP contribution in [0.2, 0.25) is 0 Å². The highest BCUT2D eigenvalue weighted by Gasteiger charge is 2.37. The molecule has 100 valence electrons. The van der Waals surface area contributed by atoms with E-state index in [1.54, 1.807) is 0 Å². The molecule has 0 saturated carbocycles. The quantitative estimate of drug-likeness (QED) is 0.870. The molecule has 2 unspecified atom stereocenters. The molecule has 0 aliphatic carbocycles. The van der Waals surface area contributed by atoms with Crippen LogP contribution in [0.1, 0.15) is 20.3 Å². The van der Waals surface area contributed by atoms with E-state index in [4.69, 9.17) is 4.74 Å². The smallest absolute Gasteiger partial charge is 0.257 e. The molecule has 0 amide bonds. The summed E-state index contributed by atoms with van der Waals surface area (Å²) in [7, 11) is 0. The average Bonchev–Trinajstić information content (AvgIpc) is 2.69. The van der Waals surface area contributed by atoms with Crippen LogP contribution in [-0.4, -0.2) is 23.2 Å². The highest BCUT2D eigenvalue weighted by molar-refractivity contribution is 5.83. The van der Waals surface area contributed by atoms with Crippen LogP contribution < -0.4 is 10.9 Å². The van der Waals surface area contributed by atoms with Crippen molar-refractivity contribution in [3.05, 3.63) is 40.7 Å². The molecule has 19 heavy (non-hydrogen) atoms. The minimum absolute atomic E-state index is 0.0595. The second kappa shape index (κ2) is 4.38. The average molecular weight is 258 g/mol. The summed E-state index contributed by atoms with van der Waals surface area (Å²) in [5.41, 5.74) is -0.193. The van der Waals surface area contributed by atoms with Crippen LogP contribution in [0.15, 0.2) is 35.1 Å². The number of rotatable bonds is 2. The maximum absolute atomic E-state index is 12.0. The Morgan fingerprint density at radius 3 is 2.95 bits per heavy atom. The lowest BCUT2D eigenvalue weighted by Crippen LogP contribution is -2.41. The van der Waals surface area contributed by atoms with Gasteiger partial charge in [-0.1, -0.05) is 18.2 Å². The Balaban J connectivity index is 2.00. The number of pyridine rings is 1. The van der Waals surface area contributed by atoms with Gasteiger partial charge in [-0.05, 0) is 37.8 Å². The molecular formula is C15H18N2O2. The first-order valence-electron chi connectivity index (χ1n) is 6.60. The molecule has 2 heterocycles. The van der Waals surface area contributed by atoms with Crippen LogP contribution >= 0.6 is 0 Å². The molecule has 1 aromatic carbocycles. The Hall–Kier alpha value is -1.81. The number of hydrogen-bond acceptors (Lipinski definition) is 3. The Morgan fingerprint density at radius 2 is 2.21 bits per heavy atom. The Bertz CT molecular complexity index is 664. The molecule has 0 spiro atoms. The van der Waals surface area contributed by atoms with Crippen molar-refractivity contribution < 1.29 is 4.74 Å². The number of H-pyrrole nitrogens is 1. The molecule has 0 radical (unpaired) electrons. The molecule has 4 heteroatoms. The van der Waals surface area contributed by atoms with Crippen LogP contribution in [-0.2, 0) is 4.74 Å². The van der Waals surface area contributed by atoms with Gasteiger partial charge in [0.25, 0.3) is 5.56 Å². The number of hydrogen-bond donors (Lipinski definition) is 2. The van der Waals surface area contributed by atoms with Gasteiger partial charge in [-0.3, -0.25) is 4.79 Å². The molecule has 2 N–H and O–H groups in total. The Kier molecular flexibility index (Phi) is 2.82. The second-order valence-electron chi connectivity index (χ2n) is 5.40. The summed E-state index contributed by atoms with van der Waals surface area (Å²) in [6, 6.07) is 9.58. The number of aromatic amines is 1. The standard InChI is InChI=1S/C15H18N2O2/c1-10-15(2,7-8-19-10)17-13-9-11-5-3-4-6-12(11)14(18)16-13/h3-6,9-10H,7-8H2,1-2H3,(H2,16,17,18). The number of benzene rings is 1. The zero-order valence-corrected chi connectivity index (χ0v) is 11.2. The van der Waals surface area contributed by atoms with Gasteiger partial charge in [0.1, 0.15) is 5.82 Å². The highest BCUT2D eigenvalue weighted by atomic mass is 16.5. The first kappa shape index (κ1) is 12.2. The molecular weight excluding hydrogens is 240 g/mol. The molecule has 0 bridgehead atoms. The Morgan fingerprint density at radius 1 is 1.42 bits per heavy atom. The zero-order valence-electron chi connectivity index (χ0n) is 11.2. The summed E-state index contributed by atoms with van der Waals surface area (Å²) in [4.78, 5) is 14.9. The first-order chi connectivity index (χ1) is 9.08. The lowest BCUT2D eigenvalue weighted by molar-refractivity contribution is 0.105. The van der Waals surface area contributed by atoms with Crippen molar-refractivity contribution in [1.29, 1.82) is 0 Å². The van der Waals surface area contributed by atoms with Crippen molar-refractivity contribution in [1.82, 2.24) is 4.98 Å². The SMILES string of the molecule is CC1OCCC1(C)Nc1cc2ccccc2c(=O)[nH]1. The lowest BCUT2D eigenvalue weighted by Gasteiger charge is -2.29. The van der Waals surface area contributed by atoms with Crippen LogP contribution in [0.25, 0.3) is 10.8 Å². The predicted molar refractivity (Wildman–Crippen MR) is 76.6 cm³/mol. The van der Waals surface area contributed by atoms with E-state index in [2.05, 4.69) is 24.1 Å². The van der Waals surface area contributed by atoms with Crippen molar-refractivity contribution in [2.75, 3.05) is 11.9 Å². The Labute approximate surface area is 111 Å². The van der Waals surface area contributed by atoms with Gasteiger partial charge in [-0.2, -0.15) is 0 Å². The van der Waals surface area contributed by atoms with Gasteiger partial charge < -0.3 is 15.0 Å². The summed E-state index contributed by atoms with van der Waals surface area (Å²) in [5, 5.41) is 5.08. The van der Waals surface area contributed by atoms with Crippen LogP contribution in [0.5, 0.6) is 0 Å². The molecule has 2 aromatic rings. The third kappa shape index (κ3) is 2.12. The monoisotopic (exact) mass is 258 g/mol. The van der Waals surface area contributed by atoms with E-state index < -0.39 is 0 Å². The summed E-state index contributed by atoms with van der Waals surface area (Å²) in [5.74, 6) is 0.753. The van der Waals surface area contributed by atoms with E-state index in [-0.39, 0.29) is 17.2 Å². The molecule has 1 fully saturated rings. The third-order valence-corrected chi connectivity index (χ3v) is 4.06. The van der Waals surface area contributed by atoms with Crippen molar-refractivity contribution >= 4 is 16.6 Å². The van der Waals surface area contributed by atoms with Gasteiger partial charge in [-0.25, -0.2) is 0 Å². The number of nitrogens with one attached hydrogen (secondary N) is 2. The molecule has 1 aromatic heterocycles. The van der Waals surface area contributed by atoms with Gasteiger partial charge in [-0.15, -0.1) is 0 Å². The van der Waals surface area contributed by atoms with E-state index in [0.717, 1.165) is 24.2 Å². The fraction of sp³-hybridized carbons (Fsp3) is 0.400. The number of anilines is 1. The lowest BCUT2D eigenvalue weighted by atomic mass is 9.94. The van der Waals surface area contributed by atoms with Gasteiger partial charge in [0.15, 0.2) is 0 Å². The van der Waals surface area contributed by atoms with Gasteiger partial charge in [0.05, 0.1) is 11.6 Å². The fourth-order valence-corrected chi connectivity index (χ4v) is 2.58. The van der Waals surface area contributed by atoms with E-state index >= 15 is 0 Å². The van der Waals surface area contributed by atoms with E-state index in [0.29, 0.717) is 5.39 Å². The normalized spacial score (nSPS) is 26.7. The number of ether oxygens (including phenoxy) is 1. The fourth-order valence-electron chi connectivity index (χ4n) is 2.58. The molecule has 1 saturated heterocycles. The summed E-state index contributed by atoms with van der Waals surface area (Å²) < 4.78 is 5.60. The van der Waals surface area contributed by atoms with Crippen LogP contribution in [0.3, 0.4) is 0 Å². The minimum atomic E-state index is -0.134. The summed E-state index contributed by atoms with van der Waals surface area (Å²) >= 11 is 0. The highest BCUT2D eigenvalue weighted by Crippen LogP contribution is 2.29. The van der Waals surface area contributed by atoms with Crippen molar-refractivity contribution in [2.45, 2.75) is 31.9 Å². The minimum Gasteiger partial charge on any atom is -0.376 e. The molecule has 1 aliphatic heterocycles.